The Morgan fingerprint density at radius 2 is 1.74 bits per heavy atom. The van der Waals surface area contributed by atoms with Crippen molar-refractivity contribution in [3.05, 3.63) is 10.1 Å². The van der Waals surface area contributed by atoms with Crippen molar-refractivity contribution < 1.29 is 14.7 Å². The highest BCUT2D eigenvalue weighted by atomic mass is 17.0. The molecule has 0 aromatic heterocycles. The minimum atomic E-state index is -0.737. The minimum Gasteiger partial charge on any atom is -0.342 e. The number of amides is 1. The fourth-order valence-corrected chi connectivity index (χ4v) is 2.82. The Kier molecular flexibility index (Phi) is 4.57. The number of hydrogen-bond acceptors (Lipinski definition) is 5. The number of rotatable bonds is 3. The quantitative estimate of drug-likeness (QED) is 0.553. The van der Waals surface area contributed by atoms with Crippen molar-refractivity contribution in [2.45, 2.75) is 31.8 Å². The van der Waals surface area contributed by atoms with Gasteiger partial charge in [-0.05, 0) is 45.8 Å². The molecule has 19 heavy (non-hydrogen) atoms. The smallest absolute Gasteiger partial charge is 0.294 e. The van der Waals surface area contributed by atoms with Crippen molar-refractivity contribution in [2.75, 3.05) is 33.2 Å². The standard InChI is InChI=1S/C12H21N3O4/c1-13-6-2-10(3-7-13)12(16)14-8-4-11(5-9-14)19-15(17)18/h10-11H,2-9H2,1H3. The van der Waals surface area contributed by atoms with Gasteiger partial charge in [0.05, 0.1) is 0 Å². The third-order valence-corrected chi connectivity index (χ3v) is 4.06. The molecule has 108 valence electrons. The van der Waals surface area contributed by atoms with Gasteiger partial charge in [-0.3, -0.25) is 4.79 Å². The lowest BCUT2D eigenvalue weighted by Gasteiger charge is -2.35. The number of carbonyl (C=O) groups excluding carboxylic acids is 1. The van der Waals surface area contributed by atoms with Crippen LogP contribution in [0.5, 0.6) is 0 Å². The van der Waals surface area contributed by atoms with Crippen molar-refractivity contribution in [3.8, 4) is 0 Å². The van der Waals surface area contributed by atoms with Crippen LogP contribution >= 0.6 is 0 Å². The third-order valence-electron chi connectivity index (χ3n) is 4.06. The second kappa shape index (κ2) is 6.18. The highest BCUT2D eigenvalue weighted by molar-refractivity contribution is 5.79. The summed E-state index contributed by atoms with van der Waals surface area (Å²) in [4.78, 5) is 31.2. The highest BCUT2D eigenvalue weighted by Gasteiger charge is 2.30. The van der Waals surface area contributed by atoms with Crippen LogP contribution in [-0.4, -0.2) is 60.1 Å². The summed E-state index contributed by atoms with van der Waals surface area (Å²) in [7, 11) is 2.07. The maximum absolute atomic E-state index is 12.3. The lowest BCUT2D eigenvalue weighted by atomic mass is 9.94. The molecule has 2 aliphatic rings. The zero-order valence-electron chi connectivity index (χ0n) is 11.3. The molecule has 7 heteroatoms. The van der Waals surface area contributed by atoms with Gasteiger partial charge in [0.2, 0.25) is 5.91 Å². The van der Waals surface area contributed by atoms with Gasteiger partial charge in [0, 0.05) is 19.0 Å². The molecular formula is C12H21N3O4. The number of carbonyl (C=O) groups is 1. The third kappa shape index (κ3) is 3.79. The van der Waals surface area contributed by atoms with Crippen LogP contribution < -0.4 is 0 Å². The van der Waals surface area contributed by atoms with E-state index in [1.165, 1.54) is 0 Å². The van der Waals surface area contributed by atoms with E-state index in [-0.39, 0.29) is 17.9 Å². The van der Waals surface area contributed by atoms with Gasteiger partial charge in [-0.15, -0.1) is 10.1 Å². The van der Waals surface area contributed by atoms with E-state index in [2.05, 4.69) is 16.8 Å². The van der Waals surface area contributed by atoms with E-state index in [0.717, 1.165) is 25.9 Å². The summed E-state index contributed by atoms with van der Waals surface area (Å²) in [5.41, 5.74) is 0. The van der Waals surface area contributed by atoms with E-state index >= 15 is 0 Å². The fourth-order valence-electron chi connectivity index (χ4n) is 2.82. The summed E-state index contributed by atoms with van der Waals surface area (Å²) in [6.45, 7) is 3.09. The van der Waals surface area contributed by atoms with Gasteiger partial charge in [-0.2, -0.15) is 0 Å². The van der Waals surface area contributed by atoms with Gasteiger partial charge >= 0.3 is 0 Å². The van der Waals surface area contributed by atoms with E-state index in [0.29, 0.717) is 25.9 Å². The largest absolute Gasteiger partial charge is 0.342 e. The Morgan fingerprint density at radius 1 is 1.16 bits per heavy atom. The second-order valence-corrected chi connectivity index (χ2v) is 5.43. The van der Waals surface area contributed by atoms with Crippen LogP contribution in [0.1, 0.15) is 25.7 Å². The Labute approximate surface area is 112 Å². The molecule has 0 N–H and O–H groups in total. The Balaban J connectivity index is 1.77. The topological polar surface area (TPSA) is 75.9 Å². The molecule has 0 aromatic rings. The van der Waals surface area contributed by atoms with Crippen molar-refractivity contribution in [1.29, 1.82) is 0 Å². The predicted octanol–water partition coefficient (Wildman–Crippen LogP) is 0.527. The molecular weight excluding hydrogens is 250 g/mol. The maximum Gasteiger partial charge on any atom is 0.294 e. The number of piperidine rings is 2. The summed E-state index contributed by atoms with van der Waals surface area (Å²) in [5.74, 6) is 0.344. The predicted molar refractivity (Wildman–Crippen MR) is 67.9 cm³/mol. The van der Waals surface area contributed by atoms with E-state index < -0.39 is 5.09 Å². The van der Waals surface area contributed by atoms with E-state index in [1.54, 1.807) is 0 Å². The molecule has 0 unspecified atom stereocenters. The summed E-state index contributed by atoms with van der Waals surface area (Å²) < 4.78 is 0. The van der Waals surface area contributed by atoms with Crippen LogP contribution in [0.2, 0.25) is 0 Å². The van der Waals surface area contributed by atoms with E-state index in [9.17, 15) is 14.9 Å². The van der Waals surface area contributed by atoms with Gasteiger partial charge in [0.1, 0.15) is 6.10 Å². The molecule has 2 aliphatic heterocycles. The highest BCUT2D eigenvalue weighted by Crippen LogP contribution is 2.22. The lowest BCUT2D eigenvalue weighted by Crippen LogP contribution is -2.46. The van der Waals surface area contributed by atoms with Crippen LogP contribution in [-0.2, 0) is 9.63 Å². The van der Waals surface area contributed by atoms with Crippen LogP contribution in [0.3, 0.4) is 0 Å². The molecule has 0 aromatic carbocycles. The normalized spacial score (nSPS) is 23.3. The Bertz CT molecular complexity index is 334. The van der Waals surface area contributed by atoms with Crippen LogP contribution in [0.15, 0.2) is 0 Å². The van der Waals surface area contributed by atoms with Gasteiger partial charge < -0.3 is 14.6 Å². The molecule has 0 atom stereocenters. The van der Waals surface area contributed by atoms with Crippen molar-refractivity contribution in [3.63, 3.8) is 0 Å². The molecule has 0 saturated carbocycles. The van der Waals surface area contributed by atoms with Gasteiger partial charge in [0.15, 0.2) is 0 Å². The molecule has 2 fully saturated rings. The maximum atomic E-state index is 12.3. The number of hydrogen-bond donors (Lipinski definition) is 0. The summed E-state index contributed by atoms with van der Waals surface area (Å²) in [6, 6.07) is 0. The van der Waals surface area contributed by atoms with E-state index in [1.807, 2.05) is 4.90 Å². The van der Waals surface area contributed by atoms with Crippen LogP contribution in [0.25, 0.3) is 0 Å². The van der Waals surface area contributed by atoms with Crippen LogP contribution in [0, 0.1) is 16.0 Å². The van der Waals surface area contributed by atoms with Gasteiger partial charge in [-0.25, -0.2) is 0 Å². The first-order valence-electron chi connectivity index (χ1n) is 6.84. The summed E-state index contributed by atoms with van der Waals surface area (Å²) in [6.07, 6.45) is 2.59. The van der Waals surface area contributed by atoms with Gasteiger partial charge in [-0.1, -0.05) is 0 Å². The summed E-state index contributed by atoms with van der Waals surface area (Å²) >= 11 is 0. The van der Waals surface area contributed by atoms with Crippen molar-refractivity contribution in [2.24, 2.45) is 5.92 Å². The van der Waals surface area contributed by atoms with Crippen LogP contribution in [0.4, 0.5) is 0 Å². The molecule has 7 nitrogen and oxygen atoms in total. The average Bonchev–Trinajstić information content (AvgIpc) is 2.39. The molecule has 0 radical (unpaired) electrons. The molecule has 2 heterocycles. The zero-order valence-corrected chi connectivity index (χ0v) is 11.3. The Hall–Kier alpha value is -1.37. The molecule has 0 bridgehead atoms. The first-order valence-corrected chi connectivity index (χ1v) is 6.84. The number of likely N-dealkylation sites (tertiary alicyclic amines) is 2. The fraction of sp³-hybridized carbons (Fsp3) is 0.917. The monoisotopic (exact) mass is 271 g/mol. The zero-order chi connectivity index (χ0) is 13.8. The van der Waals surface area contributed by atoms with Gasteiger partial charge in [0.25, 0.3) is 5.09 Å². The molecule has 0 spiro atoms. The molecule has 1 amide bonds. The first kappa shape index (κ1) is 14.0. The first-order chi connectivity index (χ1) is 9.06. The minimum absolute atomic E-state index is 0.129. The molecule has 2 saturated heterocycles. The second-order valence-electron chi connectivity index (χ2n) is 5.43. The Morgan fingerprint density at radius 3 is 2.26 bits per heavy atom. The van der Waals surface area contributed by atoms with Crippen molar-refractivity contribution in [1.82, 2.24) is 9.80 Å². The molecule has 2 rings (SSSR count). The average molecular weight is 271 g/mol. The molecule has 0 aliphatic carbocycles. The number of nitrogens with zero attached hydrogens (tertiary/aromatic N) is 3. The van der Waals surface area contributed by atoms with E-state index in [4.69, 9.17) is 0 Å². The summed E-state index contributed by atoms with van der Waals surface area (Å²) in [5, 5.41) is 9.52. The van der Waals surface area contributed by atoms with Crippen molar-refractivity contribution >= 4 is 5.91 Å². The SMILES string of the molecule is CN1CCC(C(=O)N2CCC(O[N+](=O)[O-])CC2)CC1. The lowest BCUT2D eigenvalue weighted by molar-refractivity contribution is -0.769.